The Labute approximate surface area is 111 Å². The molecule has 0 aromatic rings. The number of amides is 1. The van der Waals surface area contributed by atoms with Gasteiger partial charge in [0.2, 0.25) is 5.78 Å². The Bertz CT molecular complexity index is 344. The zero-order valence-corrected chi connectivity index (χ0v) is 11.6. The molecule has 0 aliphatic heterocycles. The molecule has 1 aliphatic carbocycles. The lowest BCUT2D eigenvalue weighted by molar-refractivity contribution is -0.137. The fourth-order valence-electron chi connectivity index (χ4n) is 2.30. The summed E-state index contributed by atoms with van der Waals surface area (Å²) in [5.41, 5.74) is -2.19. The van der Waals surface area contributed by atoms with Gasteiger partial charge in [0.25, 0.3) is 6.43 Å². The molecule has 0 aromatic heterocycles. The van der Waals surface area contributed by atoms with Crippen LogP contribution in [0.15, 0.2) is 0 Å². The van der Waals surface area contributed by atoms with Crippen molar-refractivity contribution in [2.45, 2.75) is 70.4 Å². The third kappa shape index (κ3) is 4.44. The number of ketones is 1. The van der Waals surface area contributed by atoms with Crippen LogP contribution >= 0.6 is 0 Å². The van der Waals surface area contributed by atoms with E-state index in [-0.39, 0.29) is 12.8 Å². The maximum absolute atomic E-state index is 12.7. The van der Waals surface area contributed by atoms with Gasteiger partial charge in [-0.25, -0.2) is 13.6 Å². The van der Waals surface area contributed by atoms with Crippen molar-refractivity contribution in [2.75, 3.05) is 0 Å². The topological polar surface area (TPSA) is 55.4 Å². The SMILES string of the molecule is CC(C)(C)OC(=O)NC1(C(=O)C(F)F)CCCCC1. The summed E-state index contributed by atoms with van der Waals surface area (Å²) in [7, 11) is 0. The maximum atomic E-state index is 12.7. The lowest BCUT2D eigenvalue weighted by atomic mass is 9.78. The highest BCUT2D eigenvalue weighted by Crippen LogP contribution is 2.31. The van der Waals surface area contributed by atoms with Crippen molar-refractivity contribution in [3.8, 4) is 0 Å². The Morgan fingerprint density at radius 1 is 1.16 bits per heavy atom. The van der Waals surface area contributed by atoms with E-state index in [0.29, 0.717) is 12.8 Å². The van der Waals surface area contributed by atoms with E-state index in [1.807, 2.05) is 0 Å². The van der Waals surface area contributed by atoms with Crippen LogP contribution in [0, 0.1) is 0 Å². The Balaban J connectivity index is 2.81. The summed E-state index contributed by atoms with van der Waals surface area (Å²) in [6.45, 7) is 5.03. The van der Waals surface area contributed by atoms with E-state index in [4.69, 9.17) is 4.74 Å². The summed E-state index contributed by atoms with van der Waals surface area (Å²) in [6.07, 6.45) is -1.22. The number of ether oxygens (including phenoxy) is 1. The van der Waals surface area contributed by atoms with Crippen molar-refractivity contribution < 1.29 is 23.1 Å². The zero-order chi connectivity index (χ0) is 14.7. The van der Waals surface area contributed by atoms with E-state index in [9.17, 15) is 18.4 Å². The summed E-state index contributed by atoms with van der Waals surface area (Å²) in [5, 5.41) is 2.38. The van der Waals surface area contributed by atoms with Gasteiger partial charge in [-0.2, -0.15) is 0 Å². The van der Waals surface area contributed by atoms with Crippen LogP contribution < -0.4 is 5.32 Å². The molecule has 4 nitrogen and oxygen atoms in total. The van der Waals surface area contributed by atoms with Gasteiger partial charge < -0.3 is 10.1 Å². The van der Waals surface area contributed by atoms with Crippen molar-refractivity contribution in [1.82, 2.24) is 5.32 Å². The van der Waals surface area contributed by atoms with Gasteiger partial charge in [-0.15, -0.1) is 0 Å². The largest absolute Gasteiger partial charge is 0.444 e. The smallest absolute Gasteiger partial charge is 0.408 e. The van der Waals surface area contributed by atoms with Gasteiger partial charge in [0.05, 0.1) is 0 Å². The first kappa shape index (κ1) is 15.9. The molecule has 0 heterocycles. The quantitative estimate of drug-likeness (QED) is 0.862. The monoisotopic (exact) mass is 277 g/mol. The van der Waals surface area contributed by atoms with Crippen LogP contribution in [0.25, 0.3) is 0 Å². The number of alkyl halides is 2. The molecule has 0 aromatic carbocycles. The normalized spacial score (nSPS) is 19.1. The Hall–Kier alpha value is -1.20. The molecule has 1 aliphatic rings. The fraction of sp³-hybridized carbons (Fsp3) is 0.846. The molecule has 110 valence electrons. The van der Waals surface area contributed by atoms with Gasteiger partial charge >= 0.3 is 6.09 Å². The third-order valence-electron chi connectivity index (χ3n) is 3.12. The second kappa shape index (κ2) is 5.84. The van der Waals surface area contributed by atoms with E-state index in [1.165, 1.54) is 0 Å². The van der Waals surface area contributed by atoms with Crippen LogP contribution in [-0.4, -0.2) is 29.4 Å². The lowest BCUT2D eigenvalue weighted by Crippen LogP contribution is -2.58. The number of carbonyl (C=O) groups is 2. The standard InChI is InChI=1S/C13H21F2NO3/c1-12(2,3)19-11(18)16-13(9(17)10(14)15)7-5-4-6-8-13/h10H,4-8H2,1-3H3,(H,16,18). The summed E-state index contributed by atoms with van der Waals surface area (Å²) < 4.78 is 30.5. The predicted octanol–water partition coefficient (Wildman–Crippen LogP) is 3.05. The first-order chi connectivity index (χ1) is 8.66. The maximum Gasteiger partial charge on any atom is 0.408 e. The number of rotatable bonds is 3. The van der Waals surface area contributed by atoms with Crippen molar-refractivity contribution in [3.05, 3.63) is 0 Å². The minimum Gasteiger partial charge on any atom is -0.444 e. The first-order valence-electron chi connectivity index (χ1n) is 6.50. The number of nitrogens with one attached hydrogen (secondary N) is 1. The molecule has 0 spiro atoms. The summed E-state index contributed by atoms with van der Waals surface area (Å²) in [4.78, 5) is 23.4. The molecule has 1 rings (SSSR count). The van der Waals surface area contributed by atoms with Crippen molar-refractivity contribution in [3.63, 3.8) is 0 Å². The van der Waals surface area contributed by atoms with Crippen LogP contribution in [0.2, 0.25) is 0 Å². The van der Waals surface area contributed by atoms with E-state index >= 15 is 0 Å². The molecule has 0 saturated heterocycles. The molecule has 1 amide bonds. The van der Waals surface area contributed by atoms with Crippen molar-refractivity contribution >= 4 is 11.9 Å². The van der Waals surface area contributed by atoms with E-state index in [1.54, 1.807) is 20.8 Å². The van der Waals surface area contributed by atoms with Crippen LogP contribution in [0.5, 0.6) is 0 Å². The minimum atomic E-state index is -3.08. The highest BCUT2D eigenvalue weighted by Gasteiger charge is 2.45. The summed E-state index contributed by atoms with van der Waals surface area (Å²) >= 11 is 0. The van der Waals surface area contributed by atoms with E-state index < -0.39 is 29.4 Å². The first-order valence-corrected chi connectivity index (χ1v) is 6.50. The van der Waals surface area contributed by atoms with Crippen molar-refractivity contribution in [1.29, 1.82) is 0 Å². The van der Waals surface area contributed by atoms with Crippen LogP contribution in [-0.2, 0) is 9.53 Å². The lowest BCUT2D eigenvalue weighted by Gasteiger charge is -2.36. The number of carbonyl (C=O) groups excluding carboxylic acids is 2. The number of alkyl carbamates (subject to hydrolysis) is 1. The van der Waals surface area contributed by atoms with Gasteiger partial charge in [0, 0.05) is 0 Å². The molecule has 0 bridgehead atoms. The Morgan fingerprint density at radius 2 is 1.68 bits per heavy atom. The van der Waals surface area contributed by atoms with E-state index in [2.05, 4.69) is 5.32 Å². The molecular formula is C13H21F2NO3. The average molecular weight is 277 g/mol. The molecule has 0 radical (unpaired) electrons. The zero-order valence-electron chi connectivity index (χ0n) is 11.6. The van der Waals surface area contributed by atoms with Gasteiger partial charge in [-0.3, -0.25) is 4.79 Å². The highest BCUT2D eigenvalue weighted by atomic mass is 19.3. The minimum absolute atomic E-state index is 0.245. The molecule has 0 unspecified atom stereocenters. The molecule has 19 heavy (non-hydrogen) atoms. The second-order valence-corrected chi connectivity index (χ2v) is 5.93. The summed E-state index contributed by atoms with van der Waals surface area (Å²) in [5.74, 6) is -1.21. The van der Waals surface area contributed by atoms with Crippen LogP contribution in [0.1, 0.15) is 52.9 Å². The molecule has 1 N–H and O–H groups in total. The highest BCUT2D eigenvalue weighted by molar-refractivity contribution is 5.94. The molecule has 1 fully saturated rings. The number of hydrogen-bond donors (Lipinski definition) is 1. The molecule has 0 atom stereocenters. The van der Waals surface area contributed by atoms with Crippen LogP contribution in [0.4, 0.5) is 13.6 Å². The molecular weight excluding hydrogens is 256 g/mol. The fourth-order valence-corrected chi connectivity index (χ4v) is 2.30. The predicted molar refractivity (Wildman–Crippen MR) is 66.2 cm³/mol. The van der Waals surface area contributed by atoms with Gasteiger partial charge in [0.15, 0.2) is 0 Å². The number of hydrogen-bond acceptors (Lipinski definition) is 3. The van der Waals surface area contributed by atoms with E-state index in [0.717, 1.165) is 6.42 Å². The Morgan fingerprint density at radius 3 is 2.11 bits per heavy atom. The van der Waals surface area contributed by atoms with Gasteiger partial charge in [-0.1, -0.05) is 19.3 Å². The third-order valence-corrected chi connectivity index (χ3v) is 3.12. The van der Waals surface area contributed by atoms with Crippen LogP contribution in [0.3, 0.4) is 0 Å². The average Bonchev–Trinajstić information content (AvgIpc) is 2.26. The number of Topliss-reactive ketones (excluding diaryl/α,β-unsaturated/α-hetero) is 1. The van der Waals surface area contributed by atoms with Gasteiger partial charge in [0.1, 0.15) is 11.1 Å². The second-order valence-electron chi connectivity index (χ2n) is 5.93. The number of halogens is 2. The summed E-state index contributed by atoms with van der Waals surface area (Å²) in [6, 6.07) is 0. The van der Waals surface area contributed by atoms with Crippen molar-refractivity contribution in [2.24, 2.45) is 0 Å². The Kier molecular flexibility index (Phi) is 4.87. The molecule has 6 heteroatoms. The molecule has 1 saturated carbocycles. The van der Waals surface area contributed by atoms with Gasteiger partial charge in [-0.05, 0) is 33.6 Å².